The number of aryl methyl sites for hydroxylation is 1. The van der Waals surface area contributed by atoms with Gasteiger partial charge in [-0.1, -0.05) is 40.9 Å². The lowest BCUT2D eigenvalue weighted by Gasteiger charge is -2.25. The number of halogens is 1. The van der Waals surface area contributed by atoms with Gasteiger partial charge in [-0.25, -0.2) is 12.7 Å². The Morgan fingerprint density at radius 1 is 1.15 bits per heavy atom. The average molecular weight is 392 g/mol. The van der Waals surface area contributed by atoms with Crippen molar-refractivity contribution in [1.82, 2.24) is 4.31 Å². The van der Waals surface area contributed by atoms with E-state index in [4.69, 9.17) is 11.6 Å². The van der Waals surface area contributed by atoms with Gasteiger partial charge in [0, 0.05) is 5.57 Å². The number of nitrogens with zero attached hydrogens (tertiary/aromatic N) is 1. The van der Waals surface area contributed by atoms with Gasteiger partial charge in [0.25, 0.3) is 15.9 Å². The number of sulfonamides is 1. The lowest BCUT2D eigenvalue weighted by atomic mass is 9.77. The van der Waals surface area contributed by atoms with E-state index in [2.05, 4.69) is 0 Å². The summed E-state index contributed by atoms with van der Waals surface area (Å²) in [5.41, 5.74) is 0.895. The first-order valence-electron chi connectivity index (χ1n) is 8.02. The SMILES string of the molecule is CC(C)=C1C(=O)N(S(=O)(=O)c2ccc(C)cc2)CC12C=CC(=O)C(Cl)=C2. The van der Waals surface area contributed by atoms with Crippen LogP contribution in [0.25, 0.3) is 0 Å². The molecule has 136 valence electrons. The van der Waals surface area contributed by atoms with Gasteiger partial charge in [-0.2, -0.15) is 0 Å². The Hall–Kier alpha value is -2.18. The highest BCUT2D eigenvalue weighted by Crippen LogP contribution is 2.45. The molecule has 1 fully saturated rings. The second kappa shape index (κ2) is 6.21. The largest absolute Gasteiger partial charge is 0.288 e. The quantitative estimate of drug-likeness (QED) is 0.726. The maximum atomic E-state index is 13.0. The van der Waals surface area contributed by atoms with Crippen LogP contribution < -0.4 is 0 Å². The molecule has 26 heavy (non-hydrogen) atoms. The first-order chi connectivity index (χ1) is 12.1. The van der Waals surface area contributed by atoms with Crippen LogP contribution in [0.2, 0.25) is 0 Å². The van der Waals surface area contributed by atoms with Crippen LogP contribution in [0.15, 0.2) is 63.6 Å². The molecule has 1 aliphatic heterocycles. The maximum absolute atomic E-state index is 13.0. The van der Waals surface area contributed by atoms with E-state index in [1.165, 1.54) is 24.3 Å². The summed E-state index contributed by atoms with van der Waals surface area (Å²) in [6.07, 6.45) is 4.33. The zero-order chi connectivity index (χ0) is 19.3. The number of hydrogen-bond donors (Lipinski definition) is 0. The first kappa shape index (κ1) is 18.6. The monoisotopic (exact) mass is 391 g/mol. The van der Waals surface area contributed by atoms with Crippen molar-refractivity contribution in [2.75, 3.05) is 6.54 Å². The van der Waals surface area contributed by atoms with Crippen LogP contribution >= 0.6 is 11.6 Å². The number of benzene rings is 1. The highest BCUT2D eigenvalue weighted by atomic mass is 35.5. The molecule has 1 atom stereocenters. The molecule has 1 aromatic carbocycles. The molecule has 1 aromatic rings. The molecule has 1 heterocycles. The minimum Gasteiger partial charge on any atom is -0.288 e. The predicted molar refractivity (Wildman–Crippen MR) is 99.0 cm³/mol. The molecule has 2 aliphatic rings. The van der Waals surface area contributed by atoms with E-state index >= 15 is 0 Å². The molecular formula is C19H18ClNO4S. The summed E-state index contributed by atoms with van der Waals surface area (Å²) in [6, 6.07) is 6.32. The average Bonchev–Trinajstić information content (AvgIpc) is 2.85. The molecule has 1 amide bonds. The Morgan fingerprint density at radius 3 is 2.31 bits per heavy atom. The van der Waals surface area contributed by atoms with Gasteiger partial charge in [0.05, 0.1) is 21.9 Å². The van der Waals surface area contributed by atoms with Crippen LogP contribution in [-0.2, 0) is 19.6 Å². The van der Waals surface area contributed by atoms with Crippen LogP contribution in [0.3, 0.4) is 0 Å². The lowest BCUT2D eigenvalue weighted by molar-refractivity contribution is -0.120. The minimum atomic E-state index is -4.02. The topological polar surface area (TPSA) is 71.5 Å². The summed E-state index contributed by atoms with van der Waals surface area (Å²) in [7, 11) is -4.02. The summed E-state index contributed by atoms with van der Waals surface area (Å²) in [5.74, 6) is -0.956. The van der Waals surface area contributed by atoms with Crippen molar-refractivity contribution in [3.63, 3.8) is 0 Å². The van der Waals surface area contributed by atoms with E-state index < -0.39 is 21.3 Å². The summed E-state index contributed by atoms with van der Waals surface area (Å²) in [5, 5.41) is -0.0198. The molecule has 0 saturated carbocycles. The number of amides is 1. The maximum Gasteiger partial charge on any atom is 0.266 e. The fourth-order valence-electron chi connectivity index (χ4n) is 3.33. The highest BCUT2D eigenvalue weighted by Gasteiger charge is 2.51. The molecule has 5 nitrogen and oxygen atoms in total. The van der Waals surface area contributed by atoms with Gasteiger partial charge in [-0.15, -0.1) is 0 Å². The summed E-state index contributed by atoms with van der Waals surface area (Å²) in [6.45, 7) is 5.21. The molecule has 0 aromatic heterocycles. The van der Waals surface area contributed by atoms with E-state index in [-0.39, 0.29) is 22.3 Å². The molecule has 0 bridgehead atoms. The third-order valence-electron chi connectivity index (χ3n) is 4.57. The van der Waals surface area contributed by atoms with Crippen LogP contribution in [0.4, 0.5) is 0 Å². The highest BCUT2D eigenvalue weighted by molar-refractivity contribution is 7.89. The molecule has 1 unspecified atom stereocenters. The summed E-state index contributed by atoms with van der Waals surface area (Å²) in [4.78, 5) is 24.7. The van der Waals surface area contributed by atoms with Gasteiger partial charge in [0.1, 0.15) is 0 Å². The van der Waals surface area contributed by atoms with Crippen molar-refractivity contribution < 1.29 is 18.0 Å². The molecule has 7 heteroatoms. The molecule has 1 spiro atoms. The van der Waals surface area contributed by atoms with Crippen molar-refractivity contribution in [2.24, 2.45) is 5.41 Å². The lowest BCUT2D eigenvalue weighted by Crippen LogP contribution is -2.34. The number of ketones is 1. The van der Waals surface area contributed by atoms with Gasteiger partial charge in [0.15, 0.2) is 5.78 Å². The zero-order valence-corrected chi connectivity index (χ0v) is 16.2. The number of allylic oxidation sites excluding steroid dienone is 3. The Balaban J connectivity index is 2.14. The molecule has 3 rings (SSSR count). The van der Waals surface area contributed by atoms with Crippen molar-refractivity contribution in [3.8, 4) is 0 Å². The van der Waals surface area contributed by atoms with Gasteiger partial charge < -0.3 is 0 Å². The van der Waals surface area contributed by atoms with E-state index in [0.29, 0.717) is 11.1 Å². The Labute approximate surface area is 157 Å². The van der Waals surface area contributed by atoms with Gasteiger partial charge in [-0.05, 0) is 45.1 Å². The fourth-order valence-corrected chi connectivity index (χ4v) is 5.01. The summed E-state index contributed by atoms with van der Waals surface area (Å²) >= 11 is 6.01. The second-order valence-corrected chi connectivity index (χ2v) is 9.00. The Kier molecular flexibility index (Phi) is 4.45. The van der Waals surface area contributed by atoms with Gasteiger partial charge >= 0.3 is 0 Å². The molecule has 1 saturated heterocycles. The fraction of sp³-hybridized carbons (Fsp3) is 0.263. The number of carbonyl (C=O) groups excluding carboxylic acids is 2. The number of rotatable bonds is 2. The predicted octanol–water partition coefficient (Wildman–Crippen LogP) is 3.11. The Bertz CT molecular complexity index is 998. The molecule has 1 aliphatic carbocycles. The van der Waals surface area contributed by atoms with Gasteiger partial charge in [-0.3, -0.25) is 9.59 Å². The summed E-state index contributed by atoms with van der Waals surface area (Å²) < 4.78 is 26.9. The van der Waals surface area contributed by atoms with E-state index in [0.717, 1.165) is 9.87 Å². The molecule has 0 radical (unpaired) electrons. The molecular weight excluding hydrogens is 374 g/mol. The second-order valence-electron chi connectivity index (χ2n) is 6.74. The first-order valence-corrected chi connectivity index (χ1v) is 9.84. The third-order valence-corrected chi connectivity index (χ3v) is 6.61. The van der Waals surface area contributed by atoms with Gasteiger partial charge in [0.2, 0.25) is 0 Å². The van der Waals surface area contributed by atoms with Crippen molar-refractivity contribution in [1.29, 1.82) is 0 Å². The van der Waals surface area contributed by atoms with Crippen LogP contribution in [0, 0.1) is 12.3 Å². The van der Waals surface area contributed by atoms with Crippen molar-refractivity contribution in [3.05, 3.63) is 64.2 Å². The van der Waals surface area contributed by atoms with Crippen LogP contribution in [0.5, 0.6) is 0 Å². The minimum absolute atomic E-state index is 0.0198. The van der Waals surface area contributed by atoms with Crippen molar-refractivity contribution >= 4 is 33.3 Å². The Morgan fingerprint density at radius 2 is 1.77 bits per heavy atom. The normalized spacial score (nSPS) is 23.0. The molecule has 0 N–H and O–H groups in total. The van der Waals surface area contributed by atoms with Crippen LogP contribution in [-0.4, -0.2) is 31.0 Å². The standard InChI is InChI=1S/C19H18ClNO4S/c1-12(2)17-18(23)21(11-19(17)9-8-16(22)15(20)10-19)26(24,25)14-6-4-13(3)5-7-14/h4-10H,11H2,1-3H3. The number of carbonyl (C=O) groups is 2. The smallest absolute Gasteiger partial charge is 0.266 e. The zero-order valence-electron chi connectivity index (χ0n) is 14.6. The van der Waals surface area contributed by atoms with E-state index in [9.17, 15) is 18.0 Å². The van der Waals surface area contributed by atoms with Crippen LogP contribution in [0.1, 0.15) is 19.4 Å². The third kappa shape index (κ3) is 2.83. The number of hydrogen-bond acceptors (Lipinski definition) is 4. The van der Waals surface area contributed by atoms with E-state index in [1.807, 2.05) is 6.92 Å². The van der Waals surface area contributed by atoms with E-state index in [1.54, 1.807) is 32.1 Å². The van der Waals surface area contributed by atoms with Crippen molar-refractivity contribution in [2.45, 2.75) is 25.7 Å².